The Morgan fingerprint density at radius 1 is 1.31 bits per heavy atom. The molecule has 5 N–H and O–H groups in total. The van der Waals surface area contributed by atoms with E-state index in [1.54, 1.807) is 19.9 Å². The van der Waals surface area contributed by atoms with Gasteiger partial charge in [0.05, 0.1) is 11.3 Å². The third kappa shape index (κ3) is 2.25. The molecule has 0 aliphatic rings. The minimum Gasteiger partial charge on any atom is -0.507 e. The molecule has 7 nitrogen and oxygen atoms in total. The molecule has 0 aliphatic carbocycles. The van der Waals surface area contributed by atoms with Crippen molar-refractivity contribution in [1.29, 1.82) is 5.26 Å². The lowest BCUT2D eigenvalue weighted by atomic mass is 10.1. The van der Waals surface area contributed by atoms with Crippen LogP contribution < -0.4 is 11.5 Å². The van der Waals surface area contributed by atoms with Crippen molar-refractivity contribution < 1.29 is 14.3 Å². The third-order valence-corrected chi connectivity index (χ3v) is 4.46. The predicted octanol–water partition coefficient (Wildman–Crippen LogP) is 2.35. The normalized spacial score (nSPS) is 10.9. The lowest BCUT2D eigenvalue weighted by Crippen LogP contribution is -2.14. The number of hydrogen-bond acceptors (Lipinski definition) is 5. The van der Waals surface area contributed by atoms with Gasteiger partial charge in [0, 0.05) is 22.6 Å². The molecule has 26 heavy (non-hydrogen) atoms. The number of aryl methyl sites for hydroxylation is 1. The fourth-order valence-electron chi connectivity index (χ4n) is 3.11. The fourth-order valence-corrected chi connectivity index (χ4v) is 3.11. The van der Waals surface area contributed by atoms with E-state index in [9.17, 15) is 19.6 Å². The van der Waals surface area contributed by atoms with Crippen molar-refractivity contribution in [1.82, 2.24) is 9.55 Å². The van der Waals surface area contributed by atoms with Crippen LogP contribution in [0.2, 0.25) is 0 Å². The smallest absolute Gasteiger partial charge is 0.253 e. The Morgan fingerprint density at radius 2 is 1.96 bits per heavy atom. The van der Waals surface area contributed by atoms with Gasteiger partial charge in [-0.15, -0.1) is 0 Å². The summed E-state index contributed by atoms with van der Waals surface area (Å²) in [7, 11) is 0. The van der Waals surface area contributed by atoms with Gasteiger partial charge >= 0.3 is 0 Å². The van der Waals surface area contributed by atoms with E-state index in [0.29, 0.717) is 16.5 Å². The molecule has 2 heterocycles. The van der Waals surface area contributed by atoms with E-state index < -0.39 is 11.7 Å². The Balaban J connectivity index is 2.59. The number of primary amides is 1. The van der Waals surface area contributed by atoms with Gasteiger partial charge in [0.15, 0.2) is 0 Å². The number of pyridine rings is 1. The maximum absolute atomic E-state index is 14.2. The summed E-state index contributed by atoms with van der Waals surface area (Å²) in [5, 5.41) is 19.7. The summed E-state index contributed by atoms with van der Waals surface area (Å²) in [5.74, 6) is -1.71. The maximum Gasteiger partial charge on any atom is 0.253 e. The van der Waals surface area contributed by atoms with E-state index >= 15 is 0 Å². The molecule has 1 aromatic carbocycles. The first kappa shape index (κ1) is 17.2. The number of aromatic nitrogens is 2. The number of carbonyl (C=O) groups excluding carboxylic acids is 1. The number of phenols is 1. The van der Waals surface area contributed by atoms with Gasteiger partial charge in [-0.25, -0.2) is 9.37 Å². The first-order valence-corrected chi connectivity index (χ1v) is 7.69. The molecule has 0 spiro atoms. The molecule has 3 aromatic rings. The van der Waals surface area contributed by atoms with E-state index in [-0.39, 0.29) is 39.7 Å². The number of anilines is 1. The van der Waals surface area contributed by atoms with E-state index in [4.69, 9.17) is 11.5 Å². The molecular weight excluding hydrogens is 337 g/mol. The Kier molecular flexibility index (Phi) is 3.80. The molecule has 0 aliphatic heterocycles. The van der Waals surface area contributed by atoms with Crippen LogP contribution in [0, 0.1) is 37.9 Å². The number of fused-ring (bicyclic) bond motifs is 1. The number of nitrogen functional groups attached to an aromatic ring is 1. The van der Waals surface area contributed by atoms with Gasteiger partial charge < -0.3 is 16.6 Å². The SMILES string of the molecule is Cc1cc2c(C(N)=O)c(N)n(-c3c(C)c(O)cc(F)c3C)c2nc1C#N. The zero-order valence-corrected chi connectivity index (χ0v) is 14.4. The van der Waals surface area contributed by atoms with Crippen LogP contribution in [0.15, 0.2) is 12.1 Å². The zero-order valence-electron chi connectivity index (χ0n) is 14.4. The average molecular weight is 353 g/mol. The Hall–Kier alpha value is -3.60. The molecule has 1 amide bonds. The van der Waals surface area contributed by atoms with Crippen LogP contribution in [0.25, 0.3) is 16.7 Å². The largest absolute Gasteiger partial charge is 0.507 e. The van der Waals surface area contributed by atoms with Crippen molar-refractivity contribution in [2.75, 3.05) is 5.73 Å². The molecule has 2 aromatic heterocycles. The van der Waals surface area contributed by atoms with Crippen LogP contribution >= 0.6 is 0 Å². The quantitative estimate of drug-likeness (QED) is 0.651. The second-order valence-corrected chi connectivity index (χ2v) is 6.07. The number of amides is 1. The highest BCUT2D eigenvalue weighted by Crippen LogP contribution is 2.37. The van der Waals surface area contributed by atoms with Gasteiger partial charge in [-0.05, 0) is 32.4 Å². The van der Waals surface area contributed by atoms with Crippen LogP contribution in [0.3, 0.4) is 0 Å². The van der Waals surface area contributed by atoms with Crippen molar-refractivity contribution in [3.63, 3.8) is 0 Å². The van der Waals surface area contributed by atoms with Crippen LogP contribution in [-0.4, -0.2) is 20.6 Å². The lowest BCUT2D eigenvalue weighted by Gasteiger charge is -2.16. The van der Waals surface area contributed by atoms with E-state index in [0.717, 1.165) is 6.07 Å². The second-order valence-electron chi connectivity index (χ2n) is 6.07. The first-order chi connectivity index (χ1) is 12.2. The molecule has 8 heteroatoms. The highest BCUT2D eigenvalue weighted by atomic mass is 19.1. The molecular formula is C18H16FN5O2. The molecule has 0 bridgehead atoms. The molecule has 3 rings (SSSR count). The summed E-state index contributed by atoms with van der Waals surface area (Å²) in [5.41, 5.74) is 13.4. The van der Waals surface area contributed by atoms with Gasteiger partial charge in [-0.3, -0.25) is 9.36 Å². The van der Waals surface area contributed by atoms with Gasteiger partial charge in [-0.1, -0.05) is 0 Å². The summed E-state index contributed by atoms with van der Waals surface area (Å²) in [6.45, 7) is 4.78. The minimum atomic E-state index is -0.770. The fraction of sp³-hybridized carbons (Fsp3) is 0.167. The number of nitrogens with two attached hydrogens (primary N) is 2. The second kappa shape index (κ2) is 5.74. The summed E-state index contributed by atoms with van der Waals surface area (Å²) < 4.78 is 15.6. The maximum atomic E-state index is 14.2. The number of phenolic OH excluding ortho intramolecular Hbond substituents is 1. The van der Waals surface area contributed by atoms with Gasteiger partial charge in [0.2, 0.25) is 0 Å². The molecule has 0 radical (unpaired) electrons. The Labute approximate surface area is 148 Å². The van der Waals surface area contributed by atoms with E-state index in [2.05, 4.69) is 4.98 Å². The standard InChI is InChI=1S/C18H16FN5O2/c1-7-4-10-14(17(22)26)16(21)24(18(10)23-12(7)6-20)15-8(2)11(19)5-13(25)9(15)3/h4-5,25H,21H2,1-3H3,(H2,22,26). The number of rotatable bonds is 2. The average Bonchev–Trinajstić information content (AvgIpc) is 2.84. The first-order valence-electron chi connectivity index (χ1n) is 7.69. The third-order valence-electron chi connectivity index (χ3n) is 4.46. The van der Waals surface area contributed by atoms with E-state index in [1.807, 2.05) is 6.07 Å². The van der Waals surface area contributed by atoms with Gasteiger partial charge in [-0.2, -0.15) is 5.26 Å². The Bertz CT molecular complexity index is 1120. The number of aromatic hydroxyl groups is 1. The highest BCUT2D eigenvalue weighted by molar-refractivity contribution is 6.11. The summed E-state index contributed by atoms with van der Waals surface area (Å²) in [6, 6.07) is 4.57. The van der Waals surface area contributed by atoms with Crippen molar-refractivity contribution in [3.05, 3.63) is 45.9 Å². The lowest BCUT2D eigenvalue weighted by molar-refractivity contribution is 0.100. The van der Waals surface area contributed by atoms with Crippen LogP contribution in [0.1, 0.15) is 32.7 Å². The Morgan fingerprint density at radius 3 is 2.54 bits per heavy atom. The monoisotopic (exact) mass is 353 g/mol. The molecule has 0 saturated carbocycles. The number of nitriles is 1. The number of nitrogens with zero attached hydrogens (tertiary/aromatic N) is 3. The van der Waals surface area contributed by atoms with Gasteiger partial charge in [0.1, 0.15) is 34.8 Å². The molecule has 132 valence electrons. The number of halogens is 1. The number of carbonyl (C=O) groups is 1. The van der Waals surface area contributed by atoms with Crippen molar-refractivity contribution in [2.45, 2.75) is 20.8 Å². The molecule has 0 fully saturated rings. The molecule has 0 atom stereocenters. The van der Waals surface area contributed by atoms with Crippen molar-refractivity contribution >= 4 is 22.8 Å². The van der Waals surface area contributed by atoms with Crippen molar-refractivity contribution in [3.8, 4) is 17.5 Å². The van der Waals surface area contributed by atoms with Crippen molar-refractivity contribution in [2.24, 2.45) is 5.73 Å². The summed E-state index contributed by atoms with van der Waals surface area (Å²) in [6.07, 6.45) is 0. The predicted molar refractivity (Wildman–Crippen MR) is 94.5 cm³/mol. The topological polar surface area (TPSA) is 131 Å². The van der Waals surface area contributed by atoms with Crippen LogP contribution in [0.4, 0.5) is 10.2 Å². The minimum absolute atomic E-state index is 0.0302. The molecule has 0 saturated heterocycles. The van der Waals surface area contributed by atoms with Gasteiger partial charge in [0.25, 0.3) is 5.91 Å². The summed E-state index contributed by atoms with van der Waals surface area (Å²) in [4.78, 5) is 16.2. The number of hydrogen-bond donors (Lipinski definition) is 3. The van der Waals surface area contributed by atoms with Crippen LogP contribution in [-0.2, 0) is 0 Å². The number of benzene rings is 1. The zero-order chi connectivity index (χ0) is 19.3. The summed E-state index contributed by atoms with van der Waals surface area (Å²) >= 11 is 0. The van der Waals surface area contributed by atoms with Crippen LogP contribution in [0.5, 0.6) is 5.75 Å². The molecule has 0 unspecified atom stereocenters. The highest BCUT2D eigenvalue weighted by Gasteiger charge is 2.25. The van der Waals surface area contributed by atoms with E-state index in [1.165, 1.54) is 11.5 Å².